The summed E-state index contributed by atoms with van der Waals surface area (Å²) in [6.07, 6.45) is 1.87. The highest BCUT2D eigenvalue weighted by Gasteiger charge is 2.41. The molecular formula is C20H24ClN5O3. The molecule has 0 saturated heterocycles. The van der Waals surface area contributed by atoms with E-state index >= 15 is 0 Å². The van der Waals surface area contributed by atoms with Gasteiger partial charge in [0.05, 0.1) is 12.1 Å². The van der Waals surface area contributed by atoms with Gasteiger partial charge in [0.1, 0.15) is 17.5 Å². The van der Waals surface area contributed by atoms with Crippen LogP contribution in [0, 0.1) is 17.8 Å². The number of hydrogen-bond donors (Lipinski definition) is 5. The average Bonchev–Trinajstić information content (AvgIpc) is 2.96. The molecule has 0 aliphatic heterocycles. The summed E-state index contributed by atoms with van der Waals surface area (Å²) in [6, 6.07) is 3.27. The molecule has 4 unspecified atom stereocenters. The highest BCUT2D eigenvalue weighted by Crippen LogP contribution is 2.30. The molecule has 3 rings (SSSR count). The van der Waals surface area contributed by atoms with Crippen LogP contribution in [0.15, 0.2) is 18.3 Å². The Bertz CT molecular complexity index is 913. The minimum absolute atomic E-state index is 0.0413. The molecule has 2 heterocycles. The number of aliphatic hydroxyl groups excluding tert-OH is 3. The van der Waals surface area contributed by atoms with E-state index in [9.17, 15) is 15.3 Å². The molecule has 1 saturated carbocycles. The Morgan fingerprint density at radius 3 is 2.66 bits per heavy atom. The third kappa shape index (κ3) is 4.95. The van der Waals surface area contributed by atoms with Crippen molar-refractivity contribution in [3.8, 4) is 11.8 Å². The Kier molecular flexibility index (Phi) is 6.87. The Morgan fingerprint density at radius 1 is 1.24 bits per heavy atom. The lowest BCUT2D eigenvalue weighted by Gasteiger charge is -2.19. The highest BCUT2D eigenvalue weighted by atomic mass is 35.5. The number of aryl methyl sites for hydroxylation is 1. The van der Waals surface area contributed by atoms with Gasteiger partial charge in [0.2, 0.25) is 5.95 Å². The normalized spacial score (nSPS) is 23.5. The van der Waals surface area contributed by atoms with Crippen LogP contribution in [-0.4, -0.2) is 55.1 Å². The maximum atomic E-state index is 10.3. The van der Waals surface area contributed by atoms with Crippen LogP contribution in [0.4, 0.5) is 11.8 Å². The molecule has 29 heavy (non-hydrogen) atoms. The zero-order chi connectivity index (χ0) is 21.0. The molecule has 1 aliphatic rings. The highest BCUT2D eigenvalue weighted by molar-refractivity contribution is 6.31. The van der Waals surface area contributed by atoms with Crippen LogP contribution in [-0.2, 0) is 6.42 Å². The minimum Gasteiger partial charge on any atom is -0.396 e. The number of hydrogen-bond acceptors (Lipinski definition) is 8. The fourth-order valence-electron chi connectivity index (χ4n) is 3.33. The molecule has 1 fully saturated rings. The van der Waals surface area contributed by atoms with Gasteiger partial charge in [-0.15, -0.1) is 0 Å². The number of pyridine rings is 1. The predicted octanol–water partition coefficient (Wildman–Crippen LogP) is 0.974. The quantitative estimate of drug-likeness (QED) is 0.358. The van der Waals surface area contributed by atoms with Crippen LogP contribution in [0.3, 0.4) is 0 Å². The smallest absolute Gasteiger partial charge is 0.223 e. The summed E-state index contributed by atoms with van der Waals surface area (Å²) >= 11 is 6.23. The van der Waals surface area contributed by atoms with Gasteiger partial charge in [0.15, 0.2) is 5.15 Å². The molecule has 0 amide bonds. The Labute approximate surface area is 174 Å². The number of nitrogen functional groups attached to an aromatic ring is 1. The molecule has 4 atom stereocenters. The summed E-state index contributed by atoms with van der Waals surface area (Å²) in [5, 5.41) is 32.8. The molecule has 8 nitrogen and oxygen atoms in total. The van der Waals surface area contributed by atoms with Gasteiger partial charge in [-0.05, 0) is 25.0 Å². The fourth-order valence-corrected chi connectivity index (χ4v) is 3.55. The van der Waals surface area contributed by atoms with Gasteiger partial charge in [0.25, 0.3) is 0 Å². The first-order valence-electron chi connectivity index (χ1n) is 9.46. The first-order valence-corrected chi connectivity index (χ1v) is 9.84. The largest absolute Gasteiger partial charge is 0.396 e. The van der Waals surface area contributed by atoms with Gasteiger partial charge in [-0.25, -0.2) is 0 Å². The minimum atomic E-state index is -1.07. The van der Waals surface area contributed by atoms with E-state index in [1.54, 1.807) is 6.20 Å². The lowest BCUT2D eigenvalue weighted by Crippen LogP contribution is -2.35. The number of rotatable bonds is 5. The number of aliphatic hydroxyl groups is 3. The average molecular weight is 418 g/mol. The lowest BCUT2D eigenvalue weighted by molar-refractivity contribution is 0.00445. The van der Waals surface area contributed by atoms with Crippen molar-refractivity contribution in [3.05, 3.63) is 40.3 Å². The van der Waals surface area contributed by atoms with Crippen LogP contribution < -0.4 is 11.1 Å². The van der Waals surface area contributed by atoms with Crippen LogP contribution in [0.25, 0.3) is 0 Å². The van der Waals surface area contributed by atoms with Crippen molar-refractivity contribution in [1.29, 1.82) is 0 Å². The van der Waals surface area contributed by atoms with Gasteiger partial charge in [0, 0.05) is 30.0 Å². The van der Waals surface area contributed by atoms with Gasteiger partial charge in [-0.1, -0.05) is 36.8 Å². The van der Waals surface area contributed by atoms with Gasteiger partial charge in [-0.2, -0.15) is 9.97 Å². The first-order chi connectivity index (χ1) is 13.9. The zero-order valence-electron chi connectivity index (χ0n) is 16.0. The second-order valence-corrected chi connectivity index (χ2v) is 7.40. The van der Waals surface area contributed by atoms with Crippen molar-refractivity contribution in [2.24, 2.45) is 5.92 Å². The summed E-state index contributed by atoms with van der Waals surface area (Å²) in [5.41, 5.74) is 7.75. The van der Waals surface area contributed by atoms with E-state index in [2.05, 4.69) is 39.0 Å². The number of nitrogens with zero attached hydrogens (tertiary/aromatic N) is 3. The van der Waals surface area contributed by atoms with Crippen LogP contribution in [0.5, 0.6) is 0 Å². The monoisotopic (exact) mass is 417 g/mol. The summed E-state index contributed by atoms with van der Waals surface area (Å²) < 4.78 is 0. The Morgan fingerprint density at radius 2 is 2.03 bits per heavy atom. The summed E-state index contributed by atoms with van der Waals surface area (Å²) in [5.74, 6) is 5.72. The van der Waals surface area contributed by atoms with Crippen molar-refractivity contribution in [2.75, 3.05) is 17.7 Å². The van der Waals surface area contributed by atoms with E-state index in [-0.39, 0.29) is 23.5 Å². The lowest BCUT2D eigenvalue weighted by atomic mass is 10.1. The second-order valence-electron chi connectivity index (χ2n) is 7.04. The van der Waals surface area contributed by atoms with Crippen LogP contribution in [0.1, 0.15) is 36.6 Å². The summed E-state index contributed by atoms with van der Waals surface area (Å²) in [7, 11) is 0. The van der Waals surface area contributed by atoms with Crippen LogP contribution in [0.2, 0.25) is 5.15 Å². The van der Waals surface area contributed by atoms with E-state index < -0.39 is 24.2 Å². The van der Waals surface area contributed by atoms with Crippen molar-refractivity contribution in [3.63, 3.8) is 0 Å². The van der Waals surface area contributed by atoms with Gasteiger partial charge < -0.3 is 26.4 Å². The topological polar surface area (TPSA) is 137 Å². The van der Waals surface area contributed by atoms with Crippen molar-refractivity contribution in [1.82, 2.24) is 15.0 Å². The molecule has 6 N–H and O–H groups in total. The van der Waals surface area contributed by atoms with Gasteiger partial charge in [-0.3, -0.25) is 4.98 Å². The second kappa shape index (κ2) is 9.37. The van der Waals surface area contributed by atoms with E-state index in [1.807, 2.05) is 12.1 Å². The van der Waals surface area contributed by atoms with Gasteiger partial charge >= 0.3 is 0 Å². The molecule has 9 heteroatoms. The van der Waals surface area contributed by atoms with E-state index in [0.717, 1.165) is 18.5 Å². The molecule has 0 bridgehead atoms. The summed E-state index contributed by atoms with van der Waals surface area (Å²) in [4.78, 5) is 12.5. The zero-order valence-corrected chi connectivity index (χ0v) is 16.8. The Hall–Kier alpha value is -2.44. The Balaban J connectivity index is 1.87. The molecular weight excluding hydrogens is 394 g/mol. The van der Waals surface area contributed by atoms with E-state index in [1.165, 1.54) is 0 Å². The van der Waals surface area contributed by atoms with Crippen LogP contribution >= 0.6 is 11.6 Å². The number of halogens is 1. The molecule has 1 aliphatic carbocycles. The standard InChI is InChI=1S/C20H24ClN5O3/c1-2-3-13-6-4-11(9-23-13)5-7-14-18(21)25-20(22)26-19(14)24-15-8-12(10-27)16(28)17(15)29/h4,6,9,12,15-17,27-29H,2-3,8,10H2,1H3,(H3,22,24,25,26). The third-order valence-corrected chi connectivity index (χ3v) is 5.18. The van der Waals surface area contributed by atoms with Crippen molar-refractivity contribution in [2.45, 2.75) is 44.4 Å². The summed E-state index contributed by atoms with van der Waals surface area (Å²) in [6.45, 7) is 1.87. The first kappa shape index (κ1) is 21.3. The van der Waals surface area contributed by atoms with Crippen molar-refractivity contribution < 1.29 is 15.3 Å². The predicted molar refractivity (Wildman–Crippen MR) is 110 cm³/mol. The maximum Gasteiger partial charge on any atom is 0.223 e. The number of aromatic nitrogens is 3. The third-order valence-electron chi connectivity index (χ3n) is 4.90. The molecule has 0 spiro atoms. The molecule has 0 aromatic carbocycles. The number of nitrogens with two attached hydrogens (primary N) is 1. The fraction of sp³-hybridized carbons (Fsp3) is 0.450. The molecule has 0 radical (unpaired) electrons. The van der Waals surface area contributed by atoms with E-state index in [0.29, 0.717) is 17.5 Å². The van der Waals surface area contributed by atoms with E-state index in [4.69, 9.17) is 17.3 Å². The molecule has 154 valence electrons. The SMILES string of the molecule is CCCc1ccc(C#Cc2c(Cl)nc(N)nc2NC2CC(CO)C(O)C2O)cn1. The number of nitrogens with one attached hydrogen (secondary N) is 1. The maximum absolute atomic E-state index is 10.3. The number of anilines is 2. The molecule has 2 aromatic heterocycles. The molecule has 2 aromatic rings. The van der Waals surface area contributed by atoms with Crippen molar-refractivity contribution >= 4 is 23.4 Å².